The van der Waals surface area contributed by atoms with Crippen LogP contribution in [0.4, 0.5) is 0 Å². The average molecular weight is 278 g/mol. The van der Waals surface area contributed by atoms with Crippen molar-refractivity contribution in [1.82, 2.24) is 24.8 Å². The molecule has 8 nitrogen and oxygen atoms in total. The van der Waals surface area contributed by atoms with Crippen LogP contribution in [0, 0.1) is 0 Å². The molecule has 0 fully saturated rings. The zero-order valence-corrected chi connectivity index (χ0v) is 11.5. The van der Waals surface area contributed by atoms with Gasteiger partial charge in [0.05, 0.1) is 17.9 Å². The van der Waals surface area contributed by atoms with Gasteiger partial charge in [-0.2, -0.15) is 5.10 Å². The minimum Gasteiger partial charge on any atom is -0.476 e. The zero-order chi connectivity index (χ0) is 14.7. The highest BCUT2D eigenvalue weighted by Crippen LogP contribution is 2.10. The van der Waals surface area contributed by atoms with Gasteiger partial charge in [-0.15, -0.1) is 5.10 Å². The molecule has 108 valence electrons. The van der Waals surface area contributed by atoms with Crippen LogP contribution in [0.25, 0.3) is 0 Å². The number of carboxylic acid groups (broad SMARTS) is 1. The van der Waals surface area contributed by atoms with Crippen LogP contribution in [0.1, 0.15) is 41.8 Å². The Balaban J connectivity index is 2.25. The first-order chi connectivity index (χ1) is 9.52. The van der Waals surface area contributed by atoms with Crippen molar-refractivity contribution in [3.8, 4) is 0 Å². The fourth-order valence-corrected chi connectivity index (χ4v) is 1.91. The molecule has 8 heteroatoms. The maximum atomic E-state index is 11.1. The van der Waals surface area contributed by atoms with E-state index in [1.54, 1.807) is 4.68 Å². The van der Waals surface area contributed by atoms with E-state index < -0.39 is 5.97 Å². The minimum atomic E-state index is -1.09. The van der Waals surface area contributed by atoms with Gasteiger partial charge < -0.3 is 10.8 Å². The number of carboxylic acids is 1. The zero-order valence-electron chi connectivity index (χ0n) is 11.5. The van der Waals surface area contributed by atoms with Gasteiger partial charge in [0.1, 0.15) is 0 Å². The topological polar surface area (TPSA) is 112 Å². The summed E-state index contributed by atoms with van der Waals surface area (Å²) in [7, 11) is 0. The molecular weight excluding hydrogens is 260 g/mol. The fraction of sp³-hybridized carbons (Fsp3) is 0.500. The lowest BCUT2D eigenvalue weighted by Gasteiger charge is -2.05. The van der Waals surface area contributed by atoms with Gasteiger partial charge in [0, 0.05) is 18.7 Å². The van der Waals surface area contributed by atoms with Crippen LogP contribution in [0.15, 0.2) is 12.3 Å². The van der Waals surface area contributed by atoms with E-state index in [-0.39, 0.29) is 11.7 Å². The van der Waals surface area contributed by atoms with Crippen LogP contribution in [0.2, 0.25) is 0 Å². The van der Waals surface area contributed by atoms with Crippen molar-refractivity contribution in [3.05, 3.63) is 29.3 Å². The third-order valence-corrected chi connectivity index (χ3v) is 2.93. The van der Waals surface area contributed by atoms with E-state index in [0.29, 0.717) is 25.2 Å². The molecule has 0 spiro atoms. The minimum absolute atomic E-state index is 0.0428. The molecular formula is C12H18N6O2. The Morgan fingerprint density at radius 2 is 2.25 bits per heavy atom. The van der Waals surface area contributed by atoms with E-state index in [9.17, 15) is 4.79 Å². The van der Waals surface area contributed by atoms with E-state index in [4.69, 9.17) is 10.8 Å². The summed E-state index contributed by atoms with van der Waals surface area (Å²) in [6, 6.07) is 2.16. The maximum absolute atomic E-state index is 11.1. The first-order valence-corrected chi connectivity index (χ1v) is 6.42. The Morgan fingerprint density at radius 3 is 2.80 bits per heavy atom. The molecule has 0 unspecified atom stereocenters. The maximum Gasteiger partial charge on any atom is 0.358 e. The molecule has 2 rings (SSSR count). The summed E-state index contributed by atoms with van der Waals surface area (Å²) < 4.78 is 3.39. The third-order valence-electron chi connectivity index (χ3n) is 2.93. The molecule has 0 atom stereocenters. The van der Waals surface area contributed by atoms with Crippen molar-refractivity contribution in [2.45, 2.75) is 32.9 Å². The lowest BCUT2D eigenvalue weighted by molar-refractivity contribution is 0.0689. The molecule has 0 saturated carbocycles. The smallest absolute Gasteiger partial charge is 0.358 e. The van der Waals surface area contributed by atoms with E-state index in [1.165, 1.54) is 0 Å². The van der Waals surface area contributed by atoms with Gasteiger partial charge in [-0.05, 0) is 26.5 Å². The molecule has 3 N–H and O–H groups in total. The Hall–Kier alpha value is -2.22. The molecule has 2 aromatic rings. The fourth-order valence-electron chi connectivity index (χ4n) is 1.91. The van der Waals surface area contributed by atoms with E-state index in [0.717, 1.165) is 5.69 Å². The summed E-state index contributed by atoms with van der Waals surface area (Å²) in [5.74, 6) is -1.09. The second-order valence-corrected chi connectivity index (χ2v) is 4.77. The van der Waals surface area contributed by atoms with Crippen LogP contribution in [0.3, 0.4) is 0 Å². The van der Waals surface area contributed by atoms with Gasteiger partial charge in [-0.1, -0.05) is 5.21 Å². The van der Waals surface area contributed by atoms with E-state index in [2.05, 4.69) is 15.4 Å². The average Bonchev–Trinajstić information content (AvgIpc) is 2.98. The first kappa shape index (κ1) is 14.2. The first-order valence-electron chi connectivity index (χ1n) is 6.42. The van der Waals surface area contributed by atoms with Gasteiger partial charge in [0.15, 0.2) is 5.69 Å². The van der Waals surface area contributed by atoms with Gasteiger partial charge >= 0.3 is 5.97 Å². The van der Waals surface area contributed by atoms with Gasteiger partial charge in [-0.3, -0.25) is 4.68 Å². The summed E-state index contributed by atoms with van der Waals surface area (Å²) in [6.45, 7) is 4.80. The van der Waals surface area contributed by atoms with Gasteiger partial charge in [0.25, 0.3) is 0 Å². The Kier molecular flexibility index (Phi) is 4.14. The second-order valence-electron chi connectivity index (χ2n) is 4.77. The molecule has 0 bridgehead atoms. The summed E-state index contributed by atoms with van der Waals surface area (Å²) in [6.07, 6.45) is 2.30. The van der Waals surface area contributed by atoms with E-state index >= 15 is 0 Å². The molecule has 0 amide bonds. The Labute approximate surface area is 116 Å². The lowest BCUT2D eigenvalue weighted by Crippen LogP contribution is -2.14. The quantitative estimate of drug-likeness (QED) is 0.786. The monoisotopic (exact) mass is 278 g/mol. The van der Waals surface area contributed by atoms with Gasteiger partial charge in [-0.25, -0.2) is 9.48 Å². The molecule has 20 heavy (non-hydrogen) atoms. The summed E-state index contributed by atoms with van der Waals surface area (Å²) in [5, 5.41) is 21.1. The number of carbonyl (C=O) groups is 1. The van der Waals surface area contributed by atoms with Crippen molar-refractivity contribution in [3.63, 3.8) is 0 Å². The van der Waals surface area contributed by atoms with Crippen molar-refractivity contribution < 1.29 is 9.90 Å². The van der Waals surface area contributed by atoms with E-state index in [1.807, 2.05) is 30.8 Å². The SMILES string of the molecule is CC(C)n1ccc(Cn2nnc(C(=O)O)c2CCN)n1. The largest absolute Gasteiger partial charge is 0.476 e. The predicted molar refractivity (Wildman–Crippen MR) is 71.5 cm³/mol. The number of rotatable bonds is 6. The number of aromatic carboxylic acids is 1. The normalized spacial score (nSPS) is 11.2. The molecule has 0 aliphatic rings. The second kappa shape index (κ2) is 5.83. The number of hydrogen-bond acceptors (Lipinski definition) is 5. The van der Waals surface area contributed by atoms with Crippen LogP contribution >= 0.6 is 0 Å². The lowest BCUT2D eigenvalue weighted by atomic mass is 10.2. The Bertz CT molecular complexity index is 601. The van der Waals surface area contributed by atoms with Crippen LogP contribution in [-0.2, 0) is 13.0 Å². The van der Waals surface area contributed by atoms with Crippen LogP contribution in [0.5, 0.6) is 0 Å². The van der Waals surface area contributed by atoms with Gasteiger partial charge in [0.2, 0.25) is 0 Å². The molecule has 2 aromatic heterocycles. The highest BCUT2D eigenvalue weighted by Gasteiger charge is 2.18. The standard InChI is InChI=1S/C12H18N6O2/c1-8(2)17-6-4-9(15-17)7-18-10(3-5-13)11(12(19)20)14-16-18/h4,6,8H,3,5,7,13H2,1-2H3,(H,19,20). The van der Waals surface area contributed by atoms with Crippen molar-refractivity contribution in [1.29, 1.82) is 0 Å². The van der Waals surface area contributed by atoms with Crippen LogP contribution < -0.4 is 5.73 Å². The number of aromatic nitrogens is 5. The molecule has 0 aliphatic heterocycles. The molecule has 0 aliphatic carbocycles. The highest BCUT2D eigenvalue weighted by atomic mass is 16.4. The van der Waals surface area contributed by atoms with Crippen molar-refractivity contribution >= 4 is 5.97 Å². The summed E-state index contributed by atoms with van der Waals surface area (Å²) in [5.41, 5.74) is 6.80. The summed E-state index contributed by atoms with van der Waals surface area (Å²) >= 11 is 0. The number of hydrogen-bond donors (Lipinski definition) is 2. The molecule has 0 radical (unpaired) electrons. The number of nitrogens with two attached hydrogens (primary N) is 1. The Morgan fingerprint density at radius 1 is 1.50 bits per heavy atom. The third kappa shape index (κ3) is 2.85. The highest BCUT2D eigenvalue weighted by molar-refractivity contribution is 5.86. The van der Waals surface area contributed by atoms with Crippen LogP contribution in [-0.4, -0.2) is 42.4 Å². The molecule has 2 heterocycles. The van der Waals surface area contributed by atoms with Crippen molar-refractivity contribution in [2.24, 2.45) is 5.73 Å². The predicted octanol–water partition coefficient (Wildman–Crippen LogP) is 0.303. The molecule has 0 saturated heterocycles. The molecule has 0 aromatic carbocycles. The van der Waals surface area contributed by atoms with Crippen molar-refractivity contribution in [2.75, 3.05) is 6.54 Å². The number of nitrogens with zero attached hydrogens (tertiary/aromatic N) is 5. The summed E-state index contributed by atoms with van der Waals surface area (Å²) in [4.78, 5) is 11.1.